The van der Waals surface area contributed by atoms with Crippen molar-refractivity contribution in [1.82, 2.24) is 10.3 Å². The van der Waals surface area contributed by atoms with Crippen LogP contribution < -0.4 is 10.6 Å². The molecule has 0 atom stereocenters. The third-order valence-electron chi connectivity index (χ3n) is 2.64. The molecule has 0 bridgehead atoms. The van der Waals surface area contributed by atoms with Gasteiger partial charge in [0.1, 0.15) is 0 Å². The standard InChI is InChI=1S/C14H12BrN3O3/c15-11-4-3-10(13(19)20)6-12(11)18-14(21)17-8-9-2-1-5-16-7-9/h1-7H,8H2,(H,19,20)(H2,17,18,21). The monoisotopic (exact) mass is 349 g/mol. The van der Waals surface area contributed by atoms with Gasteiger partial charge in [0.05, 0.1) is 11.3 Å². The SMILES string of the molecule is O=C(NCc1cccnc1)Nc1cc(C(=O)O)ccc1Br. The number of benzene rings is 1. The van der Waals surface area contributed by atoms with Crippen molar-refractivity contribution in [3.63, 3.8) is 0 Å². The van der Waals surface area contributed by atoms with Crippen LogP contribution in [0.3, 0.4) is 0 Å². The number of carbonyl (C=O) groups excluding carboxylic acids is 1. The van der Waals surface area contributed by atoms with Gasteiger partial charge in [0.15, 0.2) is 0 Å². The lowest BCUT2D eigenvalue weighted by Gasteiger charge is -2.10. The fraction of sp³-hybridized carbons (Fsp3) is 0.0714. The van der Waals surface area contributed by atoms with Crippen LogP contribution in [0.4, 0.5) is 10.5 Å². The van der Waals surface area contributed by atoms with Gasteiger partial charge >= 0.3 is 12.0 Å². The van der Waals surface area contributed by atoms with E-state index in [0.717, 1.165) is 5.56 Å². The minimum absolute atomic E-state index is 0.0979. The number of carboxylic acids is 1. The molecule has 6 nitrogen and oxygen atoms in total. The third kappa shape index (κ3) is 4.28. The lowest BCUT2D eigenvalue weighted by atomic mass is 10.2. The lowest BCUT2D eigenvalue weighted by Crippen LogP contribution is -2.28. The van der Waals surface area contributed by atoms with E-state index in [9.17, 15) is 9.59 Å². The molecule has 2 amide bonds. The summed E-state index contributed by atoms with van der Waals surface area (Å²) in [5.41, 5.74) is 1.35. The van der Waals surface area contributed by atoms with Crippen LogP contribution in [0.1, 0.15) is 15.9 Å². The predicted octanol–water partition coefficient (Wildman–Crippen LogP) is 2.86. The van der Waals surface area contributed by atoms with Crippen LogP contribution in [0.2, 0.25) is 0 Å². The number of urea groups is 1. The van der Waals surface area contributed by atoms with Gasteiger partial charge in [0.2, 0.25) is 0 Å². The summed E-state index contributed by atoms with van der Waals surface area (Å²) in [4.78, 5) is 26.7. The largest absolute Gasteiger partial charge is 0.478 e. The van der Waals surface area contributed by atoms with E-state index in [1.807, 2.05) is 6.07 Å². The zero-order valence-electron chi connectivity index (χ0n) is 10.8. The second kappa shape index (κ2) is 6.85. The maximum absolute atomic E-state index is 11.8. The first-order valence-corrected chi connectivity index (χ1v) is 6.82. The summed E-state index contributed by atoms with van der Waals surface area (Å²) in [5, 5.41) is 14.2. The van der Waals surface area contributed by atoms with Gasteiger partial charge < -0.3 is 15.7 Å². The van der Waals surface area contributed by atoms with Gasteiger partial charge in [-0.25, -0.2) is 9.59 Å². The number of pyridine rings is 1. The second-order valence-corrected chi connectivity index (χ2v) is 5.02. The molecule has 0 radical (unpaired) electrons. The van der Waals surface area contributed by atoms with E-state index < -0.39 is 12.0 Å². The molecule has 1 heterocycles. The third-order valence-corrected chi connectivity index (χ3v) is 3.33. The Kier molecular flexibility index (Phi) is 4.89. The Hall–Kier alpha value is -2.41. The highest BCUT2D eigenvalue weighted by Gasteiger charge is 2.09. The number of hydrogen-bond donors (Lipinski definition) is 3. The molecule has 0 fully saturated rings. The summed E-state index contributed by atoms with van der Waals surface area (Å²) < 4.78 is 0.601. The summed E-state index contributed by atoms with van der Waals surface area (Å²) in [6.45, 7) is 0.329. The predicted molar refractivity (Wildman–Crippen MR) is 81.2 cm³/mol. The molecule has 0 aliphatic rings. The first kappa shape index (κ1) is 15.0. The van der Waals surface area contributed by atoms with Crippen LogP contribution in [0.15, 0.2) is 47.2 Å². The highest BCUT2D eigenvalue weighted by atomic mass is 79.9. The Bertz CT molecular complexity index is 662. The highest BCUT2D eigenvalue weighted by molar-refractivity contribution is 9.10. The number of aromatic nitrogens is 1. The maximum Gasteiger partial charge on any atom is 0.335 e. The Balaban J connectivity index is 1.99. The fourth-order valence-electron chi connectivity index (χ4n) is 1.61. The number of carboxylic acid groups (broad SMARTS) is 1. The van der Waals surface area contributed by atoms with Crippen LogP contribution in [0.25, 0.3) is 0 Å². The second-order valence-electron chi connectivity index (χ2n) is 4.17. The first-order valence-electron chi connectivity index (χ1n) is 6.03. The van der Waals surface area contributed by atoms with Crippen molar-refractivity contribution < 1.29 is 14.7 Å². The molecule has 1 aromatic heterocycles. The number of nitrogens with one attached hydrogen (secondary N) is 2. The van der Waals surface area contributed by atoms with Crippen molar-refractivity contribution in [3.05, 3.63) is 58.3 Å². The molecular weight excluding hydrogens is 338 g/mol. The molecule has 2 rings (SSSR count). The van der Waals surface area contributed by atoms with Crippen LogP contribution in [-0.2, 0) is 6.54 Å². The Morgan fingerprint density at radius 2 is 2.10 bits per heavy atom. The van der Waals surface area contributed by atoms with E-state index in [4.69, 9.17) is 5.11 Å². The smallest absolute Gasteiger partial charge is 0.335 e. The first-order chi connectivity index (χ1) is 10.1. The number of hydrogen-bond acceptors (Lipinski definition) is 3. The van der Waals surface area contributed by atoms with Crippen LogP contribution in [0, 0.1) is 0 Å². The number of amides is 2. The molecule has 0 aliphatic carbocycles. The van der Waals surface area contributed by atoms with Gasteiger partial charge in [0.25, 0.3) is 0 Å². The van der Waals surface area contributed by atoms with Crippen molar-refractivity contribution in [3.8, 4) is 0 Å². The van der Waals surface area contributed by atoms with E-state index in [1.165, 1.54) is 12.1 Å². The average Bonchev–Trinajstić information content (AvgIpc) is 2.48. The maximum atomic E-state index is 11.8. The summed E-state index contributed by atoms with van der Waals surface area (Å²) in [7, 11) is 0. The number of anilines is 1. The number of nitrogens with zero attached hydrogens (tertiary/aromatic N) is 1. The number of aromatic carboxylic acids is 1. The minimum atomic E-state index is -1.05. The Morgan fingerprint density at radius 1 is 1.29 bits per heavy atom. The fourth-order valence-corrected chi connectivity index (χ4v) is 1.95. The molecule has 2 aromatic rings. The van der Waals surface area contributed by atoms with Gasteiger partial charge in [-0.15, -0.1) is 0 Å². The molecule has 0 unspecified atom stereocenters. The molecule has 21 heavy (non-hydrogen) atoms. The average molecular weight is 350 g/mol. The number of rotatable bonds is 4. The normalized spacial score (nSPS) is 9.95. The summed E-state index contributed by atoms with van der Waals surface area (Å²) in [6, 6.07) is 7.60. The Morgan fingerprint density at radius 3 is 2.76 bits per heavy atom. The summed E-state index contributed by atoms with van der Waals surface area (Å²) in [6.07, 6.45) is 3.30. The van der Waals surface area contributed by atoms with Crippen molar-refractivity contribution in [2.45, 2.75) is 6.54 Å². The molecule has 0 aliphatic heterocycles. The molecular formula is C14H12BrN3O3. The molecule has 1 aromatic carbocycles. The van der Waals surface area contributed by atoms with Gasteiger partial charge in [-0.1, -0.05) is 6.07 Å². The topological polar surface area (TPSA) is 91.3 Å². The minimum Gasteiger partial charge on any atom is -0.478 e. The molecule has 0 saturated carbocycles. The van der Waals surface area contributed by atoms with E-state index in [-0.39, 0.29) is 5.56 Å². The van der Waals surface area contributed by atoms with Crippen molar-refractivity contribution >= 4 is 33.6 Å². The molecule has 3 N–H and O–H groups in total. The van der Waals surface area contributed by atoms with Gasteiger partial charge in [0, 0.05) is 23.4 Å². The van der Waals surface area contributed by atoms with Gasteiger partial charge in [-0.2, -0.15) is 0 Å². The van der Waals surface area contributed by atoms with E-state index in [2.05, 4.69) is 31.5 Å². The summed E-state index contributed by atoms with van der Waals surface area (Å²) in [5.74, 6) is -1.05. The molecule has 0 spiro atoms. The van der Waals surface area contributed by atoms with Crippen LogP contribution in [0.5, 0.6) is 0 Å². The van der Waals surface area contributed by atoms with E-state index >= 15 is 0 Å². The Labute approximate surface area is 129 Å². The number of halogens is 1. The van der Waals surface area contributed by atoms with E-state index in [1.54, 1.807) is 24.5 Å². The van der Waals surface area contributed by atoms with Crippen molar-refractivity contribution in [1.29, 1.82) is 0 Å². The highest BCUT2D eigenvalue weighted by Crippen LogP contribution is 2.23. The molecule has 108 valence electrons. The lowest BCUT2D eigenvalue weighted by molar-refractivity contribution is 0.0697. The van der Waals surface area contributed by atoms with Crippen LogP contribution in [-0.4, -0.2) is 22.1 Å². The van der Waals surface area contributed by atoms with Crippen molar-refractivity contribution in [2.24, 2.45) is 0 Å². The van der Waals surface area contributed by atoms with Crippen LogP contribution >= 0.6 is 15.9 Å². The summed E-state index contributed by atoms with van der Waals surface area (Å²) >= 11 is 3.26. The van der Waals surface area contributed by atoms with Gasteiger partial charge in [-0.05, 0) is 45.8 Å². The molecule has 7 heteroatoms. The van der Waals surface area contributed by atoms with E-state index in [0.29, 0.717) is 16.7 Å². The zero-order valence-corrected chi connectivity index (χ0v) is 12.4. The van der Waals surface area contributed by atoms with Crippen molar-refractivity contribution in [2.75, 3.05) is 5.32 Å². The zero-order chi connectivity index (χ0) is 15.2. The molecule has 0 saturated heterocycles. The van der Waals surface area contributed by atoms with Gasteiger partial charge in [-0.3, -0.25) is 4.98 Å². The quantitative estimate of drug-likeness (QED) is 0.791. The number of carbonyl (C=O) groups is 2.